The molecule has 1 amide bonds. The van der Waals surface area contributed by atoms with Crippen LogP contribution in [0.2, 0.25) is 0 Å². The van der Waals surface area contributed by atoms with Crippen molar-refractivity contribution in [1.82, 2.24) is 4.90 Å². The van der Waals surface area contributed by atoms with E-state index in [2.05, 4.69) is 11.0 Å². The summed E-state index contributed by atoms with van der Waals surface area (Å²) in [5.74, 6) is 0.140. The fraction of sp³-hybridized carbons (Fsp3) is 0.600. The van der Waals surface area contributed by atoms with Crippen LogP contribution in [0.4, 0.5) is 0 Å². The highest BCUT2D eigenvalue weighted by molar-refractivity contribution is 5.95. The number of hydrogen-bond acceptors (Lipinski definition) is 2. The highest BCUT2D eigenvalue weighted by Gasteiger charge is 2.32. The van der Waals surface area contributed by atoms with Crippen LogP contribution in [-0.4, -0.2) is 22.9 Å². The minimum absolute atomic E-state index is 0.140. The monoisotopic (exact) mass is 310 g/mol. The van der Waals surface area contributed by atoms with Gasteiger partial charge in [-0.3, -0.25) is 4.79 Å². The lowest BCUT2D eigenvalue weighted by atomic mass is 9.88. The topological polar surface area (TPSA) is 44.1 Å². The number of carbonyl (C=O) groups excluding carboxylic acids is 1. The van der Waals surface area contributed by atoms with Crippen LogP contribution in [-0.2, 0) is 0 Å². The Kier molecular flexibility index (Phi) is 5.33. The van der Waals surface area contributed by atoms with Crippen molar-refractivity contribution in [1.29, 1.82) is 5.26 Å². The Hall–Kier alpha value is -1.82. The molecule has 0 unspecified atom stereocenters. The van der Waals surface area contributed by atoms with Crippen LogP contribution in [0.15, 0.2) is 24.3 Å². The first-order valence-corrected chi connectivity index (χ1v) is 9.12. The minimum atomic E-state index is 0.140. The summed E-state index contributed by atoms with van der Waals surface area (Å²) in [5, 5.41) is 9.10. The zero-order valence-corrected chi connectivity index (χ0v) is 13.8. The Morgan fingerprint density at radius 3 is 2.04 bits per heavy atom. The van der Waals surface area contributed by atoms with E-state index in [1.54, 1.807) is 12.1 Å². The quantitative estimate of drug-likeness (QED) is 0.814. The van der Waals surface area contributed by atoms with Gasteiger partial charge in [-0.2, -0.15) is 5.26 Å². The predicted octanol–water partition coefficient (Wildman–Crippen LogP) is 4.67. The summed E-state index contributed by atoms with van der Waals surface area (Å²) in [6.45, 7) is 0. The van der Waals surface area contributed by atoms with Crippen LogP contribution in [0.25, 0.3) is 0 Å². The van der Waals surface area contributed by atoms with Gasteiger partial charge >= 0.3 is 0 Å². The molecule has 0 N–H and O–H groups in total. The van der Waals surface area contributed by atoms with Crippen molar-refractivity contribution in [3.63, 3.8) is 0 Å². The lowest BCUT2D eigenvalue weighted by Gasteiger charge is -2.42. The van der Waals surface area contributed by atoms with E-state index in [1.807, 2.05) is 12.1 Å². The van der Waals surface area contributed by atoms with Crippen LogP contribution in [0.5, 0.6) is 0 Å². The molecule has 2 aliphatic carbocycles. The molecule has 122 valence electrons. The Bertz CT molecular complexity index is 560. The average molecular weight is 310 g/mol. The first-order valence-electron chi connectivity index (χ1n) is 9.12. The molecule has 3 heteroatoms. The first kappa shape index (κ1) is 16.1. The van der Waals surface area contributed by atoms with Crippen molar-refractivity contribution in [3.8, 4) is 6.07 Å². The van der Waals surface area contributed by atoms with Crippen molar-refractivity contribution < 1.29 is 4.79 Å². The summed E-state index contributed by atoms with van der Waals surface area (Å²) in [6, 6.07) is 10.1. The van der Waals surface area contributed by atoms with E-state index in [0.29, 0.717) is 23.2 Å². The van der Waals surface area contributed by atoms with Gasteiger partial charge in [-0.25, -0.2) is 0 Å². The maximum Gasteiger partial charge on any atom is 0.254 e. The lowest BCUT2D eigenvalue weighted by molar-refractivity contribution is 0.0448. The van der Waals surface area contributed by atoms with Gasteiger partial charge in [-0.15, -0.1) is 0 Å². The molecule has 0 heterocycles. The van der Waals surface area contributed by atoms with Crippen molar-refractivity contribution in [2.24, 2.45) is 0 Å². The molecule has 0 bridgehead atoms. The molecule has 1 aromatic carbocycles. The van der Waals surface area contributed by atoms with E-state index in [-0.39, 0.29) is 5.91 Å². The van der Waals surface area contributed by atoms with Gasteiger partial charge in [0.1, 0.15) is 0 Å². The van der Waals surface area contributed by atoms with Crippen molar-refractivity contribution in [2.45, 2.75) is 76.3 Å². The van der Waals surface area contributed by atoms with E-state index in [4.69, 9.17) is 5.26 Å². The summed E-state index contributed by atoms with van der Waals surface area (Å²) in [6.07, 6.45) is 12.1. The second-order valence-corrected chi connectivity index (χ2v) is 6.99. The van der Waals surface area contributed by atoms with Crippen LogP contribution in [0.1, 0.15) is 80.1 Å². The zero-order chi connectivity index (χ0) is 16.1. The number of nitriles is 1. The van der Waals surface area contributed by atoms with E-state index < -0.39 is 0 Å². The molecule has 0 aliphatic heterocycles. The van der Waals surface area contributed by atoms with Crippen LogP contribution in [0, 0.1) is 11.3 Å². The highest BCUT2D eigenvalue weighted by Crippen LogP contribution is 2.31. The molecule has 0 saturated heterocycles. The van der Waals surface area contributed by atoms with E-state index >= 15 is 0 Å². The minimum Gasteiger partial charge on any atom is -0.333 e. The zero-order valence-electron chi connectivity index (χ0n) is 13.8. The fourth-order valence-electron chi connectivity index (χ4n) is 4.22. The number of rotatable bonds is 3. The molecule has 1 aromatic rings. The summed E-state index contributed by atoms with van der Waals surface area (Å²) in [4.78, 5) is 15.4. The van der Waals surface area contributed by atoms with Gasteiger partial charge in [0.05, 0.1) is 11.6 Å². The van der Waals surface area contributed by atoms with Crippen molar-refractivity contribution in [2.75, 3.05) is 0 Å². The Balaban J connectivity index is 1.86. The third kappa shape index (κ3) is 3.75. The van der Waals surface area contributed by atoms with E-state index in [9.17, 15) is 4.79 Å². The van der Waals surface area contributed by atoms with Gasteiger partial charge in [-0.1, -0.05) is 44.6 Å². The number of hydrogen-bond donors (Lipinski definition) is 0. The van der Waals surface area contributed by atoms with Gasteiger partial charge in [-0.05, 0) is 43.9 Å². The molecular weight excluding hydrogens is 284 g/mol. The summed E-state index contributed by atoms with van der Waals surface area (Å²) >= 11 is 0. The number of amides is 1. The van der Waals surface area contributed by atoms with Crippen LogP contribution < -0.4 is 0 Å². The molecular formula is C20H26N2O. The van der Waals surface area contributed by atoms with E-state index in [0.717, 1.165) is 25.7 Å². The fourth-order valence-corrected chi connectivity index (χ4v) is 4.22. The molecule has 2 saturated carbocycles. The van der Waals surface area contributed by atoms with Gasteiger partial charge in [0, 0.05) is 17.6 Å². The standard InChI is InChI=1S/C20H26N2O/c21-15-16-8-7-9-17(14-16)20(23)22(18-10-3-1-4-11-18)19-12-5-2-6-13-19/h7-9,14,18-19H,1-6,10-13H2. The molecule has 2 aliphatic rings. The molecule has 3 nitrogen and oxygen atoms in total. The largest absolute Gasteiger partial charge is 0.333 e. The smallest absolute Gasteiger partial charge is 0.254 e. The number of carbonyl (C=O) groups is 1. The number of nitrogens with zero attached hydrogens (tertiary/aromatic N) is 2. The third-order valence-electron chi connectivity index (χ3n) is 5.41. The Morgan fingerprint density at radius 2 is 1.52 bits per heavy atom. The predicted molar refractivity (Wildman–Crippen MR) is 91.1 cm³/mol. The summed E-state index contributed by atoms with van der Waals surface area (Å²) in [5.41, 5.74) is 1.25. The SMILES string of the molecule is N#Cc1cccc(C(=O)N(C2CCCCC2)C2CCCCC2)c1. The lowest BCUT2D eigenvalue weighted by Crippen LogP contribution is -2.48. The molecule has 0 aromatic heterocycles. The summed E-state index contributed by atoms with van der Waals surface area (Å²) < 4.78 is 0. The normalized spacial score (nSPS) is 20.0. The molecule has 0 atom stereocenters. The molecule has 0 spiro atoms. The average Bonchev–Trinajstić information content (AvgIpc) is 2.64. The molecule has 3 rings (SSSR count). The van der Waals surface area contributed by atoms with Gasteiger partial charge in [0.2, 0.25) is 0 Å². The second-order valence-electron chi connectivity index (χ2n) is 6.99. The maximum atomic E-state index is 13.2. The third-order valence-corrected chi connectivity index (χ3v) is 5.41. The molecule has 2 fully saturated rings. The summed E-state index contributed by atoms with van der Waals surface area (Å²) in [7, 11) is 0. The van der Waals surface area contributed by atoms with E-state index in [1.165, 1.54) is 38.5 Å². The second kappa shape index (κ2) is 7.64. The molecule has 23 heavy (non-hydrogen) atoms. The van der Waals surface area contributed by atoms with Crippen LogP contribution in [0.3, 0.4) is 0 Å². The Labute approximate surface area is 139 Å². The van der Waals surface area contributed by atoms with Crippen molar-refractivity contribution in [3.05, 3.63) is 35.4 Å². The van der Waals surface area contributed by atoms with Crippen molar-refractivity contribution >= 4 is 5.91 Å². The highest BCUT2D eigenvalue weighted by atomic mass is 16.2. The van der Waals surface area contributed by atoms with Gasteiger partial charge in [0.25, 0.3) is 5.91 Å². The first-order chi connectivity index (χ1) is 11.3. The number of benzene rings is 1. The van der Waals surface area contributed by atoms with Gasteiger partial charge in [0.15, 0.2) is 0 Å². The van der Waals surface area contributed by atoms with Crippen LogP contribution >= 0.6 is 0 Å². The van der Waals surface area contributed by atoms with Gasteiger partial charge < -0.3 is 4.90 Å². The molecule has 0 radical (unpaired) electrons. The Morgan fingerprint density at radius 1 is 0.957 bits per heavy atom. The maximum absolute atomic E-state index is 13.2.